The molecule has 1 aliphatic rings. The van der Waals surface area contributed by atoms with Crippen LogP contribution < -0.4 is 9.62 Å². The van der Waals surface area contributed by atoms with E-state index in [-0.39, 0.29) is 12.3 Å². The normalized spacial score (nSPS) is 13.7. The van der Waals surface area contributed by atoms with Gasteiger partial charge in [-0.05, 0) is 58.3 Å². The van der Waals surface area contributed by atoms with Crippen LogP contribution in [0.1, 0.15) is 17.5 Å². The van der Waals surface area contributed by atoms with Crippen molar-refractivity contribution >= 4 is 49.4 Å². The van der Waals surface area contributed by atoms with Crippen molar-refractivity contribution in [2.45, 2.75) is 23.5 Å². The zero-order valence-corrected chi connectivity index (χ0v) is 19.0. The molecule has 2 heterocycles. The number of amides is 1. The Labute approximate surface area is 191 Å². The number of benzene rings is 3. The topological polar surface area (TPSA) is 66.5 Å². The molecule has 3 aromatic carbocycles. The maximum absolute atomic E-state index is 13.2. The Balaban J connectivity index is 1.40. The van der Waals surface area contributed by atoms with Crippen molar-refractivity contribution in [3.05, 3.63) is 89.3 Å². The molecular weight excluding hydrogens is 440 g/mol. The van der Waals surface area contributed by atoms with Gasteiger partial charge in [0.1, 0.15) is 4.21 Å². The molecule has 162 valence electrons. The van der Waals surface area contributed by atoms with Gasteiger partial charge >= 0.3 is 0 Å². The predicted octanol–water partition coefficient (Wildman–Crippen LogP) is 5.22. The molecule has 1 amide bonds. The van der Waals surface area contributed by atoms with Crippen molar-refractivity contribution in [2.75, 3.05) is 16.2 Å². The molecule has 7 heteroatoms. The maximum atomic E-state index is 13.2. The minimum Gasteiger partial charge on any atom is -0.326 e. The first-order valence-electron chi connectivity index (χ1n) is 10.5. The van der Waals surface area contributed by atoms with Gasteiger partial charge < -0.3 is 5.32 Å². The summed E-state index contributed by atoms with van der Waals surface area (Å²) in [5.74, 6) is -0.134. The van der Waals surface area contributed by atoms with Crippen LogP contribution in [-0.4, -0.2) is 20.9 Å². The third kappa shape index (κ3) is 3.89. The van der Waals surface area contributed by atoms with Gasteiger partial charge in [0.2, 0.25) is 5.91 Å². The van der Waals surface area contributed by atoms with Gasteiger partial charge in [0, 0.05) is 12.2 Å². The highest BCUT2D eigenvalue weighted by atomic mass is 32.2. The fourth-order valence-electron chi connectivity index (χ4n) is 4.21. The molecule has 0 atom stereocenters. The molecule has 1 N–H and O–H groups in total. The Hall–Kier alpha value is -3.16. The number of hydrogen-bond acceptors (Lipinski definition) is 4. The van der Waals surface area contributed by atoms with Crippen molar-refractivity contribution in [1.29, 1.82) is 0 Å². The first kappa shape index (κ1) is 20.7. The Bertz CT molecular complexity index is 1390. The number of anilines is 2. The van der Waals surface area contributed by atoms with E-state index in [1.807, 2.05) is 54.6 Å². The summed E-state index contributed by atoms with van der Waals surface area (Å²) >= 11 is 1.22. The second-order valence-corrected chi connectivity index (χ2v) is 10.9. The SMILES string of the molecule is O=C(Cc1cccc2ccccc12)Nc1ccc2c(c1)N(S(=O)(=O)c1cccs1)CCC2. The van der Waals surface area contributed by atoms with E-state index in [0.717, 1.165) is 34.7 Å². The molecule has 0 bridgehead atoms. The van der Waals surface area contributed by atoms with Crippen LogP contribution in [0, 0.1) is 0 Å². The predicted molar refractivity (Wildman–Crippen MR) is 130 cm³/mol. The summed E-state index contributed by atoms with van der Waals surface area (Å²) in [7, 11) is -3.61. The summed E-state index contributed by atoms with van der Waals surface area (Å²) in [6.07, 6.45) is 1.83. The Morgan fingerprint density at radius 2 is 1.84 bits per heavy atom. The van der Waals surface area contributed by atoms with Gasteiger partial charge in [-0.2, -0.15) is 0 Å². The molecule has 0 saturated carbocycles. The number of sulfonamides is 1. The van der Waals surface area contributed by atoms with Crippen LogP contribution in [0.15, 0.2) is 82.4 Å². The molecule has 5 rings (SSSR count). The van der Waals surface area contributed by atoms with E-state index in [1.165, 1.54) is 15.6 Å². The molecular formula is C25H22N2O3S2. The smallest absolute Gasteiger partial charge is 0.273 e. The Morgan fingerprint density at radius 3 is 2.69 bits per heavy atom. The second kappa shape index (κ2) is 8.41. The van der Waals surface area contributed by atoms with Crippen molar-refractivity contribution in [3.8, 4) is 0 Å². The summed E-state index contributed by atoms with van der Waals surface area (Å²) in [6.45, 7) is 0.431. The number of nitrogens with one attached hydrogen (secondary N) is 1. The van der Waals surface area contributed by atoms with Crippen LogP contribution in [0.4, 0.5) is 11.4 Å². The highest BCUT2D eigenvalue weighted by Gasteiger charge is 2.30. The third-order valence-electron chi connectivity index (χ3n) is 5.72. The molecule has 5 nitrogen and oxygen atoms in total. The largest absolute Gasteiger partial charge is 0.326 e. The Kier molecular flexibility index (Phi) is 5.45. The minimum atomic E-state index is -3.61. The molecule has 0 radical (unpaired) electrons. The summed E-state index contributed by atoms with van der Waals surface area (Å²) in [5.41, 5.74) is 3.18. The molecule has 0 unspecified atom stereocenters. The van der Waals surface area contributed by atoms with Crippen LogP contribution in [-0.2, 0) is 27.7 Å². The number of nitrogens with zero attached hydrogens (tertiary/aromatic N) is 1. The Morgan fingerprint density at radius 1 is 1.00 bits per heavy atom. The quantitative estimate of drug-likeness (QED) is 0.442. The van der Waals surface area contributed by atoms with Crippen molar-refractivity contribution in [3.63, 3.8) is 0 Å². The summed E-state index contributed by atoms with van der Waals surface area (Å²) < 4.78 is 28.1. The van der Waals surface area contributed by atoms with Crippen molar-refractivity contribution < 1.29 is 13.2 Å². The van der Waals surface area contributed by atoms with Gasteiger partial charge in [0.15, 0.2) is 0 Å². The molecule has 0 fully saturated rings. The summed E-state index contributed by atoms with van der Waals surface area (Å²) in [6, 6.07) is 22.9. The molecule has 0 aliphatic carbocycles. The molecule has 1 aromatic heterocycles. The van der Waals surface area contributed by atoms with Gasteiger partial charge in [0.25, 0.3) is 10.0 Å². The number of rotatable bonds is 5. The summed E-state index contributed by atoms with van der Waals surface area (Å²) in [5, 5.41) is 6.88. The zero-order chi connectivity index (χ0) is 22.1. The van der Waals surface area contributed by atoms with E-state index < -0.39 is 10.0 Å². The minimum absolute atomic E-state index is 0.134. The first-order valence-corrected chi connectivity index (χ1v) is 12.8. The van der Waals surface area contributed by atoms with Crippen LogP contribution in [0.25, 0.3) is 10.8 Å². The van der Waals surface area contributed by atoms with E-state index in [4.69, 9.17) is 0 Å². The van der Waals surface area contributed by atoms with Crippen molar-refractivity contribution in [1.82, 2.24) is 0 Å². The lowest BCUT2D eigenvalue weighted by molar-refractivity contribution is -0.115. The summed E-state index contributed by atoms with van der Waals surface area (Å²) in [4.78, 5) is 12.8. The average Bonchev–Trinajstić information content (AvgIpc) is 3.35. The highest BCUT2D eigenvalue weighted by molar-refractivity contribution is 7.94. The van der Waals surface area contributed by atoms with Gasteiger partial charge in [-0.15, -0.1) is 11.3 Å². The number of thiophene rings is 1. The standard InChI is InChI=1S/C25H22N2O3S2/c28-24(16-20-8-3-7-18-6-1-2-10-22(18)20)26-21-13-12-19-9-4-14-27(23(19)17-21)32(29,30)25-11-5-15-31-25/h1-3,5-8,10-13,15,17H,4,9,14,16H2,(H,26,28). The number of carbonyl (C=O) groups is 1. The van der Waals surface area contributed by atoms with E-state index in [2.05, 4.69) is 5.32 Å². The molecule has 0 spiro atoms. The average molecular weight is 463 g/mol. The maximum Gasteiger partial charge on any atom is 0.273 e. The number of fused-ring (bicyclic) bond motifs is 2. The van der Waals surface area contributed by atoms with Crippen LogP contribution in [0.5, 0.6) is 0 Å². The number of carbonyl (C=O) groups excluding carboxylic acids is 1. The van der Waals surface area contributed by atoms with E-state index in [1.54, 1.807) is 23.6 Å². The molecule has 1 aliphatic heterocycles. The molecule has 0 saturated heterocycles. The fourth-order valence-corrected chi connectivity index (χ4v) is 6.85. The van der Waals surface area contributed by atoms with E-state index in [0.29, 0.717) is 22.1 Å². The van der Waals surface area contributed by atoms with Crippen LogP contribution in [0.2, 0.25) is 0 Å². The second-order valence-electron chi connectivity index (χ2n) is 7.82. The van der Waals surface area contributed by atoms with E-state index in [9.17, 15) is 13.2 Å². The lowest BCUT2D eigenvalue weighted by Crippen LogP contribution is -2.35. The number of aryl methyl sites for hydroxylation is 1. The van der Waals surface area contributed by atoms with E-state index >= 15 is 0 Å². The van der Waals surface area contributed by atoms with Gasteiger partial charge in [-0.25, -0.2) is 8.42 Å². The highest BCUT2D eigenvalue weighted by Crippen LogP contribution is 2.35. The van der Waals surface area contributed by atoms with Crippen molar-refractivity contribution in [2.24, 2.45) is 0 Å². The molecule has 32 heavy (non-hydrogen) atoms. The van der Waals surface area contributed by atoms with Gasteiger partial charge in [-0.3, -0.25) is 9.10 Å². The fraction of sp³-hybridized carbons (Fsp3) is 0.160. The van der Waals surface area contributed by atoms with Crippen LogP contribution >= 0.6 is 11.3 Å². The zero-order valence-electron chi connectivity index (χ0n) is 17.3. The molecule has 4 aromatic rings. The van der Waals surface area contributed by atoms with Gasteiger partial charge in [-0.1, -0.05) is 54.6 Å². The third-order valence-corrected chi connectivity index (χ3v) is 8.90. The lowest BCUT2D eigenvalue weighted by Gasteiger charge is -2.30. The van der Waals surface area contributed by atoms with Gasteiger partial charge in [0.05, 0.1) is 12.1 Å². The number of hydrogen-bond donors (Lipinski definition) is 1. The lowest BCUT2D eigenvalue weighted by atomic mass is 10.0. The van der Waals surface area contributed by atoms with Crippen LogP contribution in [0.3, 0.4) is 0 Å². The first-order chi connectivity index (χ1) is 15.5. The monoisotopic (exact) mass is 462 g/mol.